The first-order valence-corrected chi connectivity index (χ1v) is 8.91. The second kappa shape index (κ2) is 6.66. The second-order valence-corrected chi connectivity index (χ2v) is 7.38. The average molecular weight is 293 g/mol. The number of nitrogens with zero attached hydrogens (tertiary/aromatic N) is 2. The molecule has 21 heavy (non-hydrogen) atoms. The summed E-state index contributed by atoms with van der Waals surface area (Å²) in [6.45, 7) is 8.52. The number of carbonyl (C=O) groups is 1. The van der Waals surface area contributed by atoms with E-state index in [0.29, 0.717) is 5.91 Å². The summed E-state index contributed by atoms with van der Waals surface area (Å²) in [5.74, 6) is 1.15. The van der Waals surface area contributed by atoms with Crippen LogP contribution in [0.25, 0.3) is 0 Å². The van der Waals surface area contributed by atoms with Gasteiger partial charge in [-0.2, -0.15) is 0 Å². The van der Waals surface area contributed by atoms with Gasteiger partial charge in [0.1, 0.15) is 0 Å². The van der Waals surface area contributed by atoms with Gasteiger partial charge in [0.2, 0.25) is 5.91 Å². The smallest absolute Gasteiger partial charge is 0.219 e. The van der Waals surface area contributed by atoms with Gasteiger partial charge in [-0.1, -0.05) is 19.3 Å². The van der Waals surface area contributed by atoms with Gasteiger partial charge in [-0.3, -0.25) is 9.69 Å². The molecule has 0 aromatic heterocycles. The summed E-state index contributed by atoms with van der Waals surface area (Å²) < 4.78 is 0. The Kier molecular flexibility index (Phi) is 4.85. The van der Waals surface area contributed by atoms with E-state index in [4.69, 9.17) is 0 Å². The van der Waals surface area contributed by atoms with Crippen molar-refractivity contribution in [3.05, 3.63) is 0 Å². The lowest BCUT2D eigenvalue weighted by molar-refractivity contribution is -0.142. The fourth-order valence-corrected chi connectivity index (χ4v) is 4.77. The van der Waals surface area contributed by atoms with Crippen LogP contribution in [0.3, 0.4) is 0 Å². The number of hydrogen-bond donors (Lipinski definition) is 1. The quantitative estimate of drug-likeness (QED) is 0.844. The molecule has 4 nitrogen and oxygen atoms in total. The highest BCUT2D eigenvalue weighted by atomic mass is 16.2. The number of piperidine rings is 1. The maximum atomic E-state index is 12.1. The van der Waals surface area contributed by atoms with Gasteiger partial charge in [0.25, 0.3) is 0 Å². The zero-order chi connectivity index (χ0) is 14.7. The highest BCUT2D eigenvalue weighted by Crippen LogP contribution is 2.37. The Bertz CT molecular complexity index is 359. The van der Waals surface area contributed by atoms with Crippen molar-refractivity contribution in [3.63, 3.8) is 0 Å². The van der Waals surface area contributed by atoms with E-state index in [1.807, 2.05) is 0 Å². The summed E-state index contributed by atoms with van der Waals surface area (Å²) >= 11 is 0. The number of rotatable bonds is 2. The van der Waals surface area contributed by atoms with Crippen molar-refractivity contribution in [2.75, 3.05) is 39.3 Å². The molecule has 3 aliphatic rings. The Morgan fingerprint density at radius 3 is 2.52 bits per heavy atom. The molecule has 1 N–H and O–H groups in total. The van der Waals surface area contributed by atoms with Crippen molar-refractivity contribution in [1.29, 1.82) is 0 Å². The third kappa shape index (κ3) is 3.42. The van der Waals surface area contributed by atoms with Crippen molar-refractivity contribution >= 4 is 5.91 Å². The van der Waals surface area contributed by atoms with Gasteiger partial charge in [-0.05, 0) is 44.7 Å². The third-order valence-electron chi connectivity index (χ3n) is 5.87. The molecule has 0 radical (unpaired) electrons. The Morgan fingerprint density at radius 2 is 1.86 bits per heavy atom. The number of piperazine rings is 1. The fourth-order valence-electron chi connectivity index (χ4n) is 4.77. The maximum Gasteiger partial charge on any atom is 0.219 e. The highest BCUT2D eigenvalue weighted by molar-refractivity contribution is 5.74. The van der Waals surface area contributed by atoms with Gasteiger partial charge in [-0.25, -0.2) is 0 Å². The molecule has 1 amide bonds. The van der Waals surface area contributed by atoms with Gasteiger partial charge in [0, 0.05) is 33.1 Å². The van der Waals surface area contributed by atoms with Gasteiger partial charge in [-0.15, -0.1) is 0 Å². The summed E-state index contributed by atoms with van der Waals surface area (Å²) in [4.78, 5) is 16.9. The normalized spacial score (nSPS) is 28.0. The number of carbonyl (C=O) groups excluding carboxylic acids is 1. The zero-order valence-corrected chi connectivity index (χ0v) is 13.6. The minimum absolute atomic E-state index is 0.162. The Hall–Kier alpha value is -0.610. The van der Waals surface area contributed by atoms with Gasteiger partial charge >= 0.3 is 0 Å². The van der Waals surface area contributed by atoms with E-state index in [9.17, 15) is 4.79 Å². The SMILES string of the molecule is CC(=O)N1CCN(CC2CCNCC2)CC12CCCCC2. The topological polar surface area (TPSA) is 35.6 Å². The molecule has 4 heteroatoms. The summed E-state index contributed by atoms with van der Waals surface area (Å²) in [5.41, 5.74) is 0.162. The van der Waals surface area contributed by atoms with Gasteiger partial charge in [0.15, 0.2) is 0 Å². The van der Waals surface area contributed by atoms with E-state index in [2.05, 4.69) is 15.1 Å². The molecule has 2 saturated heterocycles. The predicted molar refractivity (Wildman–Crippen MR) is 85.2 cm³/mol. The molecule has 2 heterocycles. The van der Waals surface area contributed by atoms with E-state index in [1.54, 1.807) is 6.92 Å². The lowest BCUT2D eigenvalue weighted by atomic mass is 9.78. The molecule has 0 unspecified atom stereocenters. The number of amides is 1. The van der Waals surface area contributed by atoms with Gasteiger partial charge in [0.05, 0.1) is 5.54 Å². The highest BCUT2D eigenvalue weighted by Gasteiger charge is 2.43. The minimum atomic E-state index is 0.162. The van der Waals surface area contributed by atoms with E-state index in [-0.39, 0.29) is 5.54 Å². The summed E-state index contributed by atoms with van der Waals surface area (Å²) in [6, 6.07) is 0. The molecule has 1 spiro atoms. The van der Waals surface area contributed by atoms with Gasteiger partial charge < -0.3 is 10.2 Å². The maximum absolute atomic E-state index is 12.1. The monoisotopic (exact) mass is 293 g/mol. The van der Waals surface area contributed by atoms with Crippen molar-refractivity contribution in [2.24, 2.45) is 5.92 Å². The molecular weight excluding hydrogens is 262 g/mol. The number of nitrogens with one attached hydrogen (secondary N) is 1. The molecule has 1 aliphatic carbocycles. The first-order chi connectivity index (χ1) is 10.2. The fraction of sp³-hybridized carbons (Fsp3) is 0.941. The van der Waals surface area contributed by atoms with Crippen LogP contribution in [0.5, 0.6) is 0 Å². The van der Waals surface area contributed by atoms with E-state index >= 15 is 0 Å². The van der Waals surface area contributed by atoms with E-state index in [0.717, 1.165) is 25.6 Å². The Morgan fingerprint density at radius 1 is 1.14 bits per heavy atom. The van der Waals surface area contributed by atoms with Crippen LogP contribution in [0.2, 0.25) is 0 Å². The third-order valence-corrected chi connectivity index (χ3v) is 5.87. The molecule has 2 aliphatic heterocycles. The summed E-state index contributed by atoms with van der Waals surface area (Å²) in [7, 11) is 0. The Balaban J connectivity index is 1.64. The lowest BCUT2D eigenvalue weighted by Crippen LogP contribution is -2.64. The zero-order valence-electron chi connectivity index (χ0n) is 13.6. The van der Waals surface area contributed by atoms with E-state index < -0.39 is 0 Å². The predicted octanol–water partition coefficient (Wildman–Crippen LogP) is 1.85. The Labute approximate surface area is 129 Å². The van der Waals surface area contributed by atoms with Crippen molar-refractivity contribution in [3.8, 4) is 0 Å². The molecule has 3 rings (SSSR count). The first kappa shape index (κ1) is 15.3. The molecule has 3 fully saturated rings. The van der Waals surface area contributed by atoms with Crippen LogP contribution in [0.1, 0.15) is 51.9 Å². The van der Waals surface area contributed by atoms with E-state index in [1.165, 1.54) is 64.6 Å². The van der Waals surface area contributed by atoms with Crippen LogP contribution in [0.15, 0.2) is 0 Å². The summed E-state index contributed by atoms with van der Waals surface area (Å²) in [6.07, 6.45) is 9.02. The van der Waals surface area contributed by atoms with Crippen LogP contribution in [0.4, 0.5) is 0 Å². The van der Waals surface area contributed by atoms with Crippen LogP contribution in [-0.2, 0) is 4.79 Å². The van der Waals surface area contributed by atoms with Crippen molar-refractivity contribution in [2.45, 2.75) is 57.4 Å². The second-order valence-electron chi connectivity index (χ2n) is 7.38. The molecule has 0 atom stereocenters. The van der Waals surface area contributed by atoms with Crippen molar-refractivity contribution in [1.82, 2.24) is 15.1 Å². The first-order valence-electron chi connectivity index (χ1n) is 8.91. The largest absolute Gasteiger partial charge is 0.335 e. The van der Waals surface area contributed by atoms with Crippen LogP contribution < -0.4 is 5.32 Å². The molecule has 0 aromatic rings. The average Bonchev–Trinajstić information content (AvgIpc) is 2.49. The standard InChI is InChI=1S/C17H31N3O/c1-15(21)20-12-11-19(13-16-5-9-18-10-6-16)14-17(20)7-3-2-4-8-17/h16,18H,2-14H2,1H3. The van der Waals surface area contributed by atoms with Crippen LogP contribution in [-0.4, -0.2) is 60.5 Å². The number of hydrogen-bond acceptors (Lipinski definition) is 3. The van der Waals surface area contributed by atoms with Crippen LogP contribution >= 0.6 is 0 Å². The molecule has 1 saturated carbocycles. The molecule has 120 valence electrons. The molecule has 0 aromatic carbocycles. The molecular formula is C17H31N3O. The lowest BCUT2D eigenvalue weighted by Gasteiger charge is -2.53. The van der Waals surface area contributed by atoms with Crippen LogP contribution in [0, 0.1) is 5.92 Å². The minimum Gasteiger partial charge on any atom is -0.335 e. The molecule has 0 bridgehead atoms. The summed E-state index contributed by atoms with van der Waals surface area (Å²) in [5, 5.41) is 3.46. The van der Waals surface area contributed by atoms with Crippen molar-refractivity contribution < 1.29 is 4.79 Å².